The maximum atomic E-state index is 11.6. The number of amides is 1. The summed E-state index contributed by atoms with van der Waals surface area (Å²) < 4.78 is 0. The van der Waals surface area contributed by atoms with Gasteiger partial charge in [0.1, 0.15) is 0 Å². The molecule has 0 aromatic heterocycles. The van der Waals surface area contributed by atoms with Crippen molar-refractivity contribution >= 4 is 5.91 Å². The van der Waals surface area contributed by atoms with Gasteiger partial charge in [0.05, 0.1) is 0 Å². The molecule has 0 aliphatic carbocycles. The number of carbonyl (C=O) groups is 1. The van der Waals surface area contributed by atoms with Crippen LogP contribution in [0.3, 0.4) is 0 Å². The van der Waals surface area contributed by atoms with Crippen molar-refractivity contribution in [1.29, 1.82) is 0 Å². The third-order valence-electron chi connectivity index (χ3n) is 2.93. The van der Waals surface area contributed by atoms with Gasteiger partial charge >= 0.3 is 0 Å². The average Bonchev–Trinajstić information content (AvgIpc) is 2.21. The van der Waals surface area contributed by atoms with E-state index in [1.165, 1.54) is 12.8 Å². The maximum absolute atomic E-state index is 11.6. The standard InChI is InChI=1S/C16H34N2O/c1-15(2,3)11-9-7-8-10-14(19)17-12-13-18-16(4,5)6/h18H,7-13H2,1-6H3,(H,17,19). The number of carbonyl (C=O) groups excluding carboxylic acids is 1. The minimum absolute atomic E-state index is 0.123. The highest BCUT2D eigenvalue weighted by Crippen LogP contribution is 2.22. The molecular formula is C16H34N2O. The Morgan fingerprint density at radius 2 is 1.53 bits per heavy atom. The predicted molar refractivity (Wildman–Crippen MR) is 83.3 cm³/mol. The van der Waals surface area contributed by atoms with Crippen molar-refractivity contribution in [2.24, 2.45) is 5.41 Å². The van der Waals surface area contributed by atoms with Gasteiger partial charge in [-0.2, -0.15) is 0 Å². The lowest BCUT2D eigenvalue weighted by molar-refractivity contribution is -0.121. The minimum Gasteiger partial charge on any atom is -0.355 e. The highest BCUT2D eigenvalue weighted by atomic mass is 16.1. The molecule has 3 heteroatoms. The van der Waals surface area contributed by atoms with Gasteiger partial charge in [0.25, 0.3) is 0 Å². The molecule has 0 saturated carbocycles. The molecule has 114 valence electrons. The Kier molecular flexibility index (Phi) is 8.31. The number of rotatable bonds is 8. The Morgan fingerprint density at radius 1 is 0.895 bits per heavy atom. The van der Waals surface area contributed by atoms with Gasteiger partial charge in [-0.05, 0) is 39.0 Å². The first-order valence-corrected chi connectivity index (χ1v) is 7.62. The van der Waals surface area contributed by atoms with E-state index >= 15 is 0 Å². The fraction of sp³-hybridized carbons (Fsp3) is 0.938. The molecule has 0 heterocycles. The zero-order valence-electron chi connectivity index (χ0n) is 13.9. The highest BCUT2D eigenvalue weighted by molar-refractivity contribution is 5.75. The van der Waals surface area contributed by atoms with E-state index in [0.29, 0.717) is 11.8 Å². The fourth-order valence-electron chi connectivity index (χ4n) is 1.85. The molecule has 0 spiro atoms. The molecule has 2 N–H and O–H groups in total. The minimum atomic E-state index is 0.123. The average molecular weight is 270 g/mol. The summed E-state index contributed by atoms with van der Waals surface area (Å²) in [6, 6.07) is 0. The molecule has 0 bridgehead atoms. The van der Waals surface area contributed by atoms with Crippen LogP contribution >= 0.6 is 0 Å². The Morgan fingerprint density at radius 3 is 2.05 bits per heavy atom. The van der Waals surface area contributed by atoms with Crippen LogP contribution in [0.2, 0.25) is 0 Å². The molecule has 1 amide bonds. The lowest BCUT2D eigenvalue weighted by Crippen LogP contribution is -2.41. The van der Waals surface area contributed by atoms with Crippen LogP contribution in [0.4, 0.5) is 0 Å². The van der Waals surface area contributed by atoms with Crippen LogP contribution in [0.25, 0.3) is 0 Å². The van der Waals surface area contributed by atoms with Crippen LogP contribution in [-0.4, -0.2) is 24.5 Å². The third kappa shape index (κ3) is 15.4. The van der Waals surface area contributed by atoms with Crippen LogP contribution < -0.4 is 10.6 Å². The van der Waals surface area contributed by atoms with Gasteiger partial charge in [0.15, 0.2) is 0 Å². The van der Waals surface area contributed by atoms with Gasteiger partial charge in [-0.25, -0.2) is 0 Å². The Bertz CT molecular complexity index is 248. The van der Waals surface area contributed by atoms with Gasteiger partial charge in [0, 0.05) is 25.0 Å². The molecule has 0 rings (SSSR count). The van der Waals surface area contributed by atoms with E-state index in [2.05, 4.69) is 52.2 Å². The quantitative estimate of drug-likeness (QED) is 0.663. The molecule has 3 nitrogen and oxygen atoms in total. The van der Waals surface area contributed by atoms with E-state index in [1.54, 1.807) is 0 Å². The van der Waals surface area contributed by atoms with Crippen LogP contribution in [0, 0.1) is 5.41 Å². The van der Waals surface area contributed by atoms with Crippen LogP contribution in [-0.2, 0) is 4.79 Å². The SMILES string of the molecule is CC(C)(C)CCCCCC(=O)NCCNC(C)(C)C. The Balaban J connectivity index is 3.41. The summed E-state index contributed by atoms with van der Waals surface area (Å²) in [4.78, 5) is 11.6. The number of unbranched alkanes of at least 4 members (excludes halogenated alkanes) is 2. The number of hydrogen-bond donors (Lipinski definition) is 2. The van der Waals surface area contributed by atoms with E-state index in [4.69, 9.17) is 0 Å². The summed E-state index contributed by atoms with van der Waals surface area (Å²) in [7, 11) is 0. The van der Waals surface area contributed by atoms with Crippen molar-refractivity contribution < 1.29 is 4.79 Å². The summed E-state index contributed by atoms with van der Waals surface area (Å²) in [5, 5.41) is 6.32. The molecule has 0 unspecified atom stereocenters. The molecule has 0 atom stereocenters. The molecule has 0 aliphatic heterocycles. The van der Waals surface area contributed by atoms with Gasteiger partial charge in [-0.3, -0.25) is 4.79 Å². The smallest absolute Gasteiger partial charge is 0.220 e. The first kappa shape index (κ1) is 18.4. The molecular weight excluding hydrogens is 236 g/mol. The van der Waals surface area contributed by atoms with Crippen LogP contribution in [0.5, 0.6) is 0 Å². The second-order valence-corrected chi connectivity index (χ2v) is 7.65. The third-order valence-corrected chi connectivity index (χ3v) is 2.93. The second kappa shape index (κ2) is 8.57. The molecule has 0 aromatic carbocycles. The molecule has 0 aliphatic rings. The molecule has 0 radical (unpaired) electrons. The summed E-state index contributed by atoms with van der Waals surface area (Å²) >= 11 is 0. The molecule has 19 heavy (non-hydrogen) atoms. The largest absolute Gasteiger partial charge is 0.355 e. The van der Waals surface area contributed by atoms with Crippen molar-refractivity contribution in [3.05, 3.63) is 0 Å². The van der Waals surface area contributed by atoms with Gasteiger partial charge in [-0.15, -0.1) is 0 Å². The summed E-state index contributed by atoms with van der Waals surface area (Å²) in [6.07, 6.45) is 5.30. The van der Waals surface area contributed by atoms with E-state index < -0.39 is 0 Å². The van der Waals surface area contributed by atoms with E-state index in [0.717, 1.165) is 25.9 Å². The normalized spacial score (nSPS) is 12.5. The van der Waals surface area contributed by atoms with E-state index in [1.807, 2.05) is 0 Å². The topological polar surface area (TPSA) is 41.1 Å². The van der Waals surface area contributed by atoms with Crippen molar-refractivity contribution in [2.75, 3.05) is 13.1 Å². The van der Waals surface area contributed by atoms with Crippen molar-refractivity contribution in [3.8, 4) is 0 Å². The highest BCUT2D eigenvalue weighted by Gasteiger charge is 2.10. The maximum Gasteiger partial charge on any atom is 0.220 e. The summed E-state index contributed by atoms with van der Waals surface area (Å²) in [5.74, 6) is 0.187. The monoisotopic (exact) mass is 270 g/mol. The summed E-state index contributed by atoms with van der Waals surface area (Å²) in [6.45, 7) is 14.7. The lowest BCUT2D eigenvalue weighted by Gasteiger charge is -2.20. The molecule has 0 fully saturated rings. The first-order chi connectivity index (χ1) is 8.60. The number of hydrogen-bond acceptors (Lipinski definition) is 2. The zero-order valence-corrected chi connectivity index (χ0v) is 13.9. The van der Waals surface area contributed by atoms with Gasteiger partial charge in [0.2, 0.25) is 5.91 Å². The van der Waals surface area contributed by atoms with Crippen LogP contribution in [0.1, 0.15) is 73.6 Å². The second-order valence-electron chi connectivity index (χ2n) is 7.65. The summed E-state index contributed by atoms with van der Waals surface area (Å²) in [5.41, 5.74) is 0.540. The molecule has 0 saturated heterocycles. The van der Waals surface area contributed by atoms with E-state index in [9.17, 15) is 4.79 Å². The zero-order chi connectivity index (χ0) is 14.9. The van der Waals surface area contributed by atoms with Gasteiger partial charge < -0.3 is 10.6 Å². The van der Waals surface area contributed by atoms with E-state index in [-0.39, 0.29) is 11.4 Å². The molecule has 0 aromatic rings. The van der Waals surface area contributed by atoms with Crippen LogP contribution in [0.15, 0.2) is 0 Å². The Hall–Kier alpha value is -0.570. The number of nitrogens with one attached hydrogen (secondary N) is 2. The van der Waals surface area contributed by atoms with Crippen molar-refractivity contribution in [2.45, 2.75) is 79.2 Å². The fourth-order valence-corrected chi connectivity index (χ4v) is 1.85. The van der Waals surface area contributed by atoms with Gasteiger partial charge in [-0.1, -0.05) is 33.6 Å². The first-order valence-electron chi connectivity index (χ1n) is 7.62. The Labute approximate surface area is 119 Å². The van der Waals surface area contributed by atoms with Crippen molar-refractivity contribution in [3.63, 3.8) is 0 Å². The predicted octanol–water partition coefficient (Wildman–Crippen LogP) is 3.49. The lowest BCUT2D eigenvalue weighted by atomic mass is 9.89. The van der Waals surface area contributed by atoms with Crippen molar-refractivity contribution in [1.82, 2.24) is 10.6 Å².